The van der Waals surface area contributed by atoms with E-state index in [9.17, 15) is 0 Å². The van der Waals surface area contributed by atoms with Crippen LogP contribution in [0.15, 0.2) is 10.9 Å². The highest BCUT2D eigenvalue weighted by atomic mass is 79.9. The molecule has 0 bridgehead atoms. The van der Waals surface area contributed by atoms with E-state index >= 15 is 0 Å². The molecule has 0 aliphatic rings. The van der Waals surface area contributed by atoms with Gasteiger partial charge in [-0.05, 0) is 18.4 Å². The Hall–Kier alpha value is 0.0700. The number of aromatic nitrogens is 1. The number of nitrogens with zero attached hydrogens (tertiary/aromatic N) is 2. The second-order valence-corrected chi connectivity index (χ2v) is 6.76. The van der Waals surface area contributed by atoms with E-state index in [1.54, 1.807) is 11.3 Å². The first-order chi connectivity index (χ1) is 7.43. The lowest BCUT2D eigenvalue weighted by Crippen LogP contribution is -2.34. The van der Waals surface area contributed by atoms with Crippen molar-refractivity contribution in [2.45, 2.75) is 27.3 Å². The summed E-state index contributed by atoms with van der Waals surface area (Å²) in [5.74, 6) is 0.663. The molecule has 0 radical (unpaired) electrons. The SMILES string of the molecule is CN(Cc1cscn1)CC(CBr)C(C)(C)C. The molecule has 0 N–H and O–H groups in total. The highest BCUT2D eigenvalue weighted by molar-refractivity contribution is 9.09. The molecule has 1 unspecified atom stereocenters. The Kier molecular flexibility index (Phi) is 5.41. The Morgan fingerprint density at radius 2 is 2.19 bits per heavy atom. The molecule has 1 atom stereocenters. The van der Waals surface area contributed by atoms with Crippen molar-refractivity contribution in [3.8, 4) is 0 Å². The zero-order valence-corrected chi connectivity index (χ0v) is 12.9. The molecule has 1 rings (SSSR count). The van der Waals surface area contributed by atoms with E-state index in [-0.39, 0.29) is 0 Å². The van der Waals surface area contributed by atoms with E-state index in [0.29, 0.717) is 11.3 Å². The average molecular weight is 305 g/mol. The van der Waals surface area contributed by atoms with Gasteiger partial charge in [0, 0.05) is 23.8 Å². The van der Waals surface area contributed by atoms with Gasteiger partial charge in [0.2, 0.25) is 0 Å². The average Bonchev–Trinajstić information content (AvgIpc) is 2.64. The van der Waals surface area contributed by atoms with Gasteiger partial charge in [0.1, 0.15) is 0 Å². The zero-order valence-electron chi connectivity index (χ0n) is 10.5. The smallest absolute Gasteiger partial charge is 0.0795 e. The van der Waals surface area contributed by atoms with Crippen LogP contribution in [0.3, 0.4) is 0 Å². The van der Waals surface area contributed by atoms with Crippen molar-refractivity contribution in [2.75, 3.05) is 18.9 Å². The molecule has 1 aromatic rings. The summed E-state index contributed by atoms with van der Waals surface area (Å²) in [6, 6.07) is 0. The summed E-state index contributed by atoms with van der Waals surface area (Å²) in [6.45, 7) is 8.95. The molecule has 0 amide bonds. The maximum Gasteiger partial charge on any atom is 0.0795 e. The lowest BCUT2D eigenvalue weighted by atomic mass is 9.82. The third kappa shape index (κ3) is 4.52. The van der Waals surface area contributed by atoms with Crippen molar-refractivity contribution >= 4 is 27.3 Å². The van der Waals surface area contributed by atoms with Crippen LogP contribution in [0.5, 0.6) is 0 Å². The fourth-order valence-electron chi connectivity index (χ4n) is 1.59. The molecular formula is C12H21BrN2S. The van der Waals surface area contributed by atoms with Gasteiger partial charge in [0.15, 0.2) is 0 Å². The Balaban J connectivity index is 2.46. The molecule has 0 saturated carbocycles. The standard InChI is InChI=1S/C12H21BrN2S/c1-12(2,3)10(5-13)6-15(4)7-11-8-16-9-14-11/h8-10H,5-7H2,1-4H3. The number of rotatable bonds is 5. The summed E-state index contributed by atoms with van der Waals surface area (Å²) in [7, 11) is 2.17. The van der Waals surface area contributed by atoms with Gasteiger partial charge in [-0.25, -0.2) is 4.98 Å². The number of hydrogen-bond acceptors (Lipinski definition) is 3. The Morgan fingerprint density at radius 1 is 1.50 bits per heavy atom. The van der Waals surface area contributed by atoms with Crippen molar-refractivity contribution in [3.63, 3.8) is 0 Å². The Labute approximate surface area is 111 Å². The fraction of sp³-hybridized carbons (Fsp3) is 0.750. The number of hydrogen-bond donors (Lipinski definition) is 0. The van der Waals surface area contributed by atoms with Gasteiger partial charge < -0.3 is 4.90 Å². The van der Waals surface area contributed by atoms with Gasteiger partial charge in [-0.2, -0.15) is 0 Å². The molecule has 4 heteroatoms. The van der Waals surface area contributed by atoms with Crippen molar-refractivity contribution in [2.24, 2.45) is 11.3 Å². The maximum atomic E-state index is 4.32. The molecule has 16 heavy (non-hydrogen) atoms. The third-order valence-corrected chi connectivity index (χ3v) is 4.28. The Bertz CT molecular complexity index is 292. The van der Waals surface area contributed by atoms with Crippen LogP contribution in [0.2, 0.25) is 0 Å². The van der Waals surface area contributed by atoms with Gasteiger partial charge in [-0.3, -0.25) is 0 Å². The molecule has 0 aliphatic carbocycles. The van der Waals surface area contributed by atoms with Crippen LogP contribution in [0.4, 0.5) is 0 Å². The molecule has 92 valence electrons. The van der Waals surface area contributed by atoms with Crippen molar-refractivity contribution < 1.29 is 0 Å². The first-order valence-electron chi connectivity index (χ1n) is 5.55. The van der Waals surface area contributed by atoms with Gasteiger partial charge in [0.25, 0.3) is 0 Å². The second kappa shape index (κ2) is 6.12. The van der Waals surface area contributed by atoms with Crippen LogP contribution < -0.4 is 0 Å². The quantitative estimate of drug-likeness (QED) is 0.772. The molecule has 0 fully saturated rings. The number of alkyl halides is 1. The van der Waals surface area contributed by atoms with Crippen molar-refractivity contribution in [3.05, 3.63) is 16.6 Å². The highest BCUT2D eigenvalue weighted by Gasteiger charge is 2.24. The second-order valence-electron chi connectivity index (χ2n) is 5.39. The molecule has 0 saturated heterocycles. The van der Waals surface area contributed by atoms with Crippen LogP contribution in [0, 0.1) is 11.3 Å². The number of thiazole rings is 1. The lowest BCUT2D eigenvalue weighted by Gasteiger charge is -2.32. The predicted molar refractivity (Wildman–Crippen MR) is 75.2 cm³/mol. The van der Waals surface area contributed by atoms with Crippen LogP contribution in [0.25, 0.3) is 0 Å². The largest absolute Gasteiger partial charge is 0.300 e. The molecule has 2 nitrogen and oxygen atoms in total. The highest BCUT2D eigenvalue weighted by Crippen LogP contribution is 2.28. The van der Waals surface area contributed by atoms with E-state index in [1.807, 2.05) is 5.51 Å². The third-order valence-electron chi connectivity index (χ3n) is 2.86. The van der Waals surface area contributed by atoms with E-state index in [0.717, 1.165) is 18.4 Å². The molecule has 0 aliphatic heterocycles. The fourth-order valence-corrected chi connectivity index (χ4v) is 3.31. The van der Waals surface area contributed by atoms with Crippen LogP contribution in [-0.4, -0.2) is 28.8 Å². The summed E-state index contributed by atoms with van der Waals surface area (Å²) >= 11 is 5.28. The van der Waals surface area contributed by atoms with E-state index in [1.165, 1.54) is 5.69 Å². The van der Waals surface area contributed by atoms with Gasteiger partial charge >= 0.3 is 0 Å². The lowest BCUT2D eigenvalue weighted by molar-refractivity contribution is 0.182. The van der Waals surface area contributed by atoms with E-state index in [2.05, 4.69) is 59.0 Å². The topological polar surface area (TPSA) is 16.1 Å². The van der Waals surface area contributed by atoms with Crippen LogP contribution in [0.1, 0.15) is 26.5 Å². The first kappa shape index (κ1) is 14.1. The van der Waals surface area contributed by atoms with E-state index in [4.69, 9.17) is 0 Å². The van der Waals surface area contributed by atoms with Gasteiger partial charge in [0.05, 0.1) is 11.2 Å². The van der Waals surface area contributed by atoms with Crippen molar-refractivity contribution in [1.82, 2.24) is 9.88 Å². The normalized spacial score (nSPS) is 14.4. The van der Waals surface area contributed by atoms with Crippen LogP contribution in [-0.2, 0) is 6.54 Å². The predicted octanol–water partition coefficient (Wildman–Crippen LogP) is 3.63. The first-order valence-corrected chi connectivity index (χ1v) is 7.61. The summed E-state index contributed by atoms with van der Waals surface area (Å²) in [6.07, 6.45) is 0. The molecule has 0 spiro atoms. The summed E-state index contributed by atoms with van der Waals surface area (Å²) in [5, 5.41) is 3.18. The van der Waals surface area contributed by atoms with Gasteiger partial charge in [-0.1, -0.05) is 36.7 Å². The zero-order chi connectivity index (χ0) is 12.2. The minimum Gasteiger partial charge on any atom is -0.300 e. The maximum absolute atomic E-state index is 4.32. The monoisotopic (exact) mass is 304 g/mol. The van der Waals surface area contributed by atoms with Crippen molar-refractivity contribution in [1.29, 1.82) is 0 Å². The summed E-state index contributed by atoms with van der Waals surface area (Å²) in [4.78, 5) is 6.67. The summed E-state index contributed by atoms with van der Waals surface area (Å²) in [5.41, 5.74) is 3.42. The molecular weight excluding hydrogens is 284 g/mol. The minimum absolute atomic E-state index is 0.347. The van der Waals surface area contributed by atoms with Gasteiger partial charge in [-0.15, -0.1) is 11.3 Å². The minimum atomic E-state index is 0.347. The summed E-state index contributed by atoms with van der Waals surface area (Å²) < 4.78 is 0. The number of halogens is 1. The molecule has 1 heterocycles. The van der Waals surface area contributed by atoms with E-state index < -0.39 is 0 Å². The van der Waals surface area contributed by atoms with Crippen LogP contribution >= 0.6 is 27.3 Å². The molecule has 0 aromatic carbocycles. The Morgan fingerprint density at radius 3 is 2.62 bits per heavy atom. The molecule has 1 aromatic heterocycles.